The van der Waals surface area contributed by atoms with Crippen molar-refractivity contribution in [2.45, 2.75) is 53.6 Å². The molecular formula is C12H22ClN3. The molecule has 0 bridgehead atoms. The maximum Gasteiger partial charge on any atom is 0.0844 e. The number of aromatic nitrogens is 2. The van der Waals surface area contributed by atoms with Gasteiger partial charge in [-0.2, -0.15) is 5.10 Å². The zero-order valence-electron chi connectivity index (χ0n) is 11.0. The van der Waals surface area contributed by atoms with E-state index in [-0.39, 0.29) is 17.5 Å². The van der Waals surface area contributed by atoms with Crippen molar-refractivity contribution in [1.82, 2.24) is 9.78 Å². The van der Waals surface area contributed by atoms with Gasteiger partial charge in [0, 0.05) is 6.04 Å². The quantitative estimate of drug-likeness (QED) is 0.868. The fraction of sp³-hybridized carbons (Fsp3) is 0.750. The zero-order valence-corrected chi connectivity index (χ0v) is 11.8. The molecule has 1 aromatic heterocycles. The summed E-state index contributed by atoms with van der Waals surface area (Å²) in [5.41, 5.74) is 8.00. The van der Waals surface area contributed by atoms with Crippen molar-refractivity contribution in [1.29, 1.82) is 0 Å². The van der Waals surface area contributed by atoms with E-state index >= 15 is 0 Å². The molecule has 3 nitrogen and oxygen atoms in total. The van der Waals surface area contributed by atoms with Gasteiger partial charge in [-0.25, -0.2) is 0 Å². The first-order valence-electron chi connectivity index (χ1n) is 5.63. The van der Waals surface area contributed by atoms with E-state index in [0.29, 0.717) is 0 Å². The number of hydrogen-bond acceptors (Lipinski definition) is 2. The second kappa shape index (κ2) is 4.38. The minimum Gasteiger partial charge on any atom is -0.326 e. The third-order valence-electron chi connectivity index (χ3n) is 2.89. The fourth-order valence-electron chi connectivity index (χ4n) is 2.29. The van der Waals surface area contributed by atoms with Crippen LogP contribution in [0, 0.1) is 19.3 Å². The van der Waals surface area contributed by atoms with E-state index < -0.39 is 0 Å². The van der Waals surface area contributed by atoms with Crippen molar-refractivity contribution in [3.05, 3.63) is 16.4 Å². The van der Waals surface area contributed by atoms with Gasteiger partial charge in [0.15, 0.2) is 0 Å². The van der Waals surface area contributed by atoms with Gasteiger partial charge < -0.3 is 5.73 Å². The molecule has 1 heterocycles. The van der Waals surface area contributed by atoms with Crippen LogP contribution >= 0.6 is 11.6 Å². The van der Waals surface area contributed by atoms with Crippen molar-refractivity contribution in [3.63, 3.8) is 0 Å². The molecule has 0 aliphatic rings. The Balaban J connectivity index is 3.28. The lowest BCUT2D eigenvalue weighted by molar-refractivity contribution is 0.193. The molecule has 92 valence electrons. The molecule has 1 aromatic rings. The molecule has 1 rings (SSSR count). The van der Waals surface area contributed by atoms with Crippen molar-refractivity contribution in [2.24, 2.45) is 11.1 Å². The second-order valence-corrected chi connectivity index (χ2v) is 5.98. The monoisotopic (exact) mass is 243 g/mol. The molecule has 2 atom stereocenters. The van der Waals surface area contributed by atoms with Crippen LogP contribution < -0.4 is 5.73 Å². The van der Waals surface area contributed by atoms with E-state index in [1.807, 2.05) is 25.5 Å². The first-order valence-corrected chi connectivity index (χ1v) is 6.01. The average molecular weight is 244 g/mol. The van der Waals surface area contributed by atoms with Crippen LogP contribution in [-0.4, -0.2) is 15.8 Å². The van der Waals surface area contributed by atoms with Crippen LogP contribution in [-0.2, 0) is 0 Å². The highest BCUT2D eigenvalue weighted by atomic mass is 35.5. The van der Waals surface area contributed by atoms with E-state index in [1.54, 1.807) is 0 Å². The summed E-state index contributed by atoms with van der Waals surface area (Å²) in [4.78, 5) is 0. The predicted molar refractivity (Wildman–Crippen MR) is 68.9 cm³/mol. The van der Waals surface area contributed by atoms with Crippen molar-refractivity contribution < 1.29 is 0 Å². The Morgan fingerprint density at radius 1 is 1.31 bits per heavy atom. The van der Waals surface area contributed by atoms with Crippen molar-refractivity contribution >= 4 is 11.6 Å². The maximum absolute atomic E-state index is 6.17. The minimum atomic E-state index is 0.0362. The number of rotatable bonds is 2. The summed E-state index contributed by atoms with van der Waals surface area (Å²) in [7, 11) is 0. The summed E-state index contributed by atoms with van der Waals surface area (Å²) in [6.45, 7) is 12.4. The lowest BCUT2D eigenvalue weighted by atomic mass is 9.83. The Hall–Kier alpha value is -0.540. The second-order valence-electron chi connectivity index (χ2n) is 5.60. The van der Waals surface area contributed by atoms with Gasteiger partial charge >= 0.3 is 0 Å². The molecule has 0 aliphatic carbocycles. The molecule has 2 N–H and O–H groups in total. The number of nitrogens with two attached hydrogens (primary N) is 1. The van der Waals surface area contributed by atoms with Crippen LogP contribution in [0.25, 0.3) is 0 Å². The molecule has 4 heteroatoms. The Labute approximate surface area is 103 Å². The van der Waals surface area contributed by atoms with Gasteiger partial charge in [-0.05, 0) is 26.2 Å². The largest absolute Gasteiger partial charge is 0.326 e. The van der Waals surface area contributed by atoms with Gasteiger partial charge in [0.1, 0.15) is 0 Å². The number of hydrogen-bond donors (Lipinski definition) is 1. The van der Waals surface area contributed by atoms with Crippen molar-refractivity contribution in [3.8, 4) is 0 Å². The van der Waals surface area contributed by atoms with E-state index in [4.69, 9.17) is 17.3 Å². The third kappa shape index (κ3) is 2.41. The smallest absolute Gasteiger partial charge is 0.0844 e. The number of nitrogens with zero attached hydrogens (tertiary/aromatic N) is 2. The molecule has 0 saturated carbocycles. The van der Waals surface area contributed by atoms with Gasteiger partial charge in [-0.15, -0.1) is 0 Å². The summed E-state index contributed by atoms with van der Waals surface area (Å²) in [6.07, 6.45) is 0. The highest BCUT2D eigenvalue weighted by Crippen LogP contribution is 2.35. The van der Waals surface area contributed by atoms with E-state index in [2.05, 4.69) is 25.9 Å². The van der Waals surface area contributed by atoms with Gasteiger partial charge in [0.2, 0.25) is 0 Å². The lowest BCUT2D eigenvalue weighted by Gasteiger charge is -2.34. The highest BCUT2D eigenvalue weighted by Gasteiger charge is 2.32. The van der Waals surface area contributed by atoms with Gasteiger partial charge in [0.05, 0.1) is 22.5 Å². The van der Waals surface area contributed by atoms with Crippen LogP contribution in [0.2, 0.25) is 5.02 Å². The van der Waals surface area contributed by atoms with Crippen LogP contribution in [0.15, 0.2) is 0 Å². The van der Waals surface area contributed by atoms with Crippen LogP contribution in [0.1, 0.15) is 45.1 Å². The molecule has 0 amide bonds. The van der Waals surface area contributed by atoms with Crippen LogP contribution in [0.3, 0.4) is 0 Å². The molecule has 2 unspecified atom stereocenters. The molecule has 0 fully saturated rings. The first-order chi connectivity index (χ1) is 7.16. The molecule has 0 aliphatic heterocycles. The zero-order chi connectivity index (χ0) is 12.7. The SMILES string of the molecule is Cc1nn(C(C(C)N)C(C)(C)C)c(C)c1Cl. The standard InChI is InChI=1S/C12H22ClN3/c1-7(14)11(12(4,5)6)16-9(3)10(13)8(2)15-16/h7,11H,14H2,1-6H3. The van der Waals surface area contributed by atoms with E-state index in [0.717, 1.165) is 16.4 Å². The predicted octanol–water partition coefficient (Wildman–Crippen LogP) is 3.09. The number of aryl methyl sites for hydroxylation is 1. The minimum absolute atomic E-state index is 0.0362. The maximum atomic E-state index is 6.17. The van der Waals surface area contributed by atoms with Crippen molar-refractivity contribution in [2.75, 3.05) is 0 Å². The average Bonchev–Trinajstić information content (AvgIpc) is 2.31. The third-order valence-corrected chi connectivity index (χ3v) is 3.43. The topological polar surface area (TPSA) is 43.8 Å². The summed E-state index contributed by atoms with van der Waals surface area (Å²) in [5.74, 6) is 0. The molecule has 0 spiro atoms. The number of halogens is 1. The van der Waals surface area contributed by atoms with Crippen LogP contribution in [0.4, 0.5) is 0 Å². The van der Waals surface area contributed by atoms with Crippen LogP contribution in [0.5, 0.6) is 0 Å². The highest BCUT2D eigenvalue weighted by molar-refractivity contribution is 6.31. The van der Waals surface area contributed by atoms with Gasteiger partial charge in [0.25, 0.3) is 0 Å². The molecule has 0 radical (unpaired) electrons. The van der Waals surface area contributed by atoms with Gasteiger partial charge in [-0.3, -0.25) is 4.68 Å². The summed E-state index contributed by atoms with van der Waals surface area (Å²) in [5, 5.41) is 5.25. The van der Waals surface area contributed by atoms with Gasteiger partial charge in [-0.1, -0.05) is 32.4 Å². The Kier molecular flexibility index (Phi) is 3.70. The molecule has 16 heavy (non-hydrogen) atoms. The Morgan fingerprint density at radius 3 is 2.06 bits per heavy atom. The van der Waals surface area contributed by atoms with E-state index in [1.165, 1.54) is 0 Å². The summed E-state index contributed by atoms with van der Waals surface area (Å²) in [6, 6.07) is 0.188. The Bertz CT molecular complexity index is 374. The van der Waals surface area contributed by atoms with E-state index in [9.17, 15) is 0 Å². The fourth-order valence-corrected chi connectivity index (χ4v) is 2.42. The molecule has 0 saturated heterocycles. The normalized spacial score (nSPS) is 16.2. The Morgan fingerprint density at radius 2 is 1.81 bits per heavy atom. The summed E-state index contributed by atoms with van der Waals surface area (Å²) < 4.78 is 1.97. The molecule has 0 aromatic carbocycles. The lowest BCUT2D eigenvalue weighted by Crippen LogP contribution is -2.39. The molecular weight excluding hydrogens is 222 g/mol. The summed E-state index contributed by atoms with van der Waals surface area (Å²) >= 11 is 6.17. The first kappa shape index (κ1) is 13.5.